The Hall–Kier alpha value is -1.59. The zero-order valence-electron chi connectivity index (χ0n) is 17.7. The van der Waals surface area contributed by atoms with Crippen LogP contribution in [0.15, 0.2) is 18.2 Å². The summed E-state index contributed by atoms with van der Waals surface area (Å²) >= 11 is 0. The third kappa shape index (κ3) is 7.80. The van der Waals surface area contributed by atoms with Gasteiger partial charge in [0.2, 0.25) is 5.91 Å². The number of nitrogens with one attached hydrogen (secondary N) is 1. The molecular weight excluding hydrogens is 352 g/mol. The number of nitrogens with zero attached hydrogens (tertiary/aromatic N) is 1. The molecule has 5 nitrogen and oxygen atoms in total. The molecular formula is C23H38N2O3. The predicted octanol–water partition coefficient (Wildman–Crippen LogP) is 3.53. The molecule has 0 unspecified atom stereocenters. The fourth-order valence-electron chi connectivity index (χ4n) is 3.75. The third-order valence-corrected chi connectivity index (χ3v) is 5.58. The molecule has 0 radical (unpaired) electrons. The number of hydrogen-bond donors (Lipinski definition) is 2. The van der Waals surface area contributed by atoms with Gasteiger partial charge in [0.05, 0.1) is 13.2 Å². The summed E-state index contributed by atoms with van der Waals surface area (Å²) in [4.78, 5) is 14.7. The topological polar surface area (TPSA) is 61.8 Å². The van der Waals surface area contributed by atoms with E-state index in [9.17, 15) is 4.79 Å². The Bertz CT molecular complexity index is 587. The summed E-state index contributed by atoms with van der Waals surface area (Å²) < 4.78 is 6.11. The van der Waals surface area contributed by atoms with Gasteiger partial charge in [-0.15, -0.1) is 0 Å². The molecule has 0 fully saturated rings. The maximum absolute atomic E-state index is 12.5. The zero-order chi connectivity index (χ0) is 20.2. The van der Waals surface area contributed by atoms with E-state index in [2.05, 4.69) is 42.3 Å². The standard InChI is InChI=1S/C23H38N2O3/c1-3-19(4-2)16-25-17-21-15-20(9-8-13-26)10-11-22(21)28-14-7-5-6-12-24-23(27)18-25/h10-11,15,19,26H,3-9,12-14,16-18H2,1-2H3,(H,24,27). The van der Waals surface area contributed by atoms with Crippen LogP contribution in [-0.2, 0) is 17.8 Å². The molecule has 158 valence electrons. The summed E-state index contributed by atoms with van der Waals surface area (Å²) in [6.07, 6.45) is 6.91. The smallest absolute Gasteiger partial charge is 0.234 e. The van der Waals surface area contributed by atoms with Gasteiger partial charge in [-0.3, -0.25) is 9.69 Å². The van der Waals surface area contributed by atoms with Crippen LogP contribution < -0.4 is 10.1 Å². The first-order chi connectivity index (χ1) is 13.7. The monoisotopic (exact) mass is 390 g/mol. The third-order valence-electron chi connectivity index (χ3n) is 5.58. The highest BCUT2D eigenvalue weighted by atomic mass is 16.5. The highest BCUT2D eigenvalue weighted by molar-refractivity contribution is 5.78. The van der Waals surface area contributed by atoms with Crippen molar-refractivity contribution in [1.82, 2.24) is 10.2 Å². The second-order valence-corrected chi connectivity index (χ2v) is 7.88. The molecule has 28 heavy (non-hydrogen) atoms. The molecule has 0 aliphatic carbocycles. The lowest BCUT2D eigenvalue weighted by Gasteiger charge is -2.27. The van der Waals surface area contributed by atoms with Gasteiger partial charge in [0.1, 0.15) is 5.75 Å². The van der Waals surface area contributed by atoms with Gasteiger partial charge in [0, 0.05) is 31.8 Å². The summed E-state index contributed by atoms with van der Waals surface area (Å²) in [7, 11) is 0. The number of aliphatic hydroxyl groups excluding tert-OH is 1. The second-order valence-electron chi connectivity index (χ2n) is 7.88. The number of hydrogen-bond acceptors (Lipinski definition) is 4. The maximum Gasteiger partial charge on any atom is 0.234 e. The van der Waals surface area contributed by atoms with Crippen molar-refractivity contribution in [2.45, 2.75) is 65.3 Å². The molecule has 0 saturated carbocycles. The average molecular weight is 391 g/mol. The molecule has 1 amide bonds. The Kier molecular flexibility index (Phi) is 10.4. The van der Waals surface area contributed by atoms with Gasteiger partial charge < -0.3 is 15.2 Å². The SMILES string of the molecule is CCC(CC)CN1CC(=O)NCCCCCOc2ccc(CCCO)cc2C1. The number of carbonyl (C=O) groups excluding carboxylic acids is 1. The Morgan fingerprint density at radius 3 is 2.75 bits per heavy atom. The highest BCUT2D eigenvalue weighted by Crippen LogP contribution is 2.24. The van der Waals surface area contributed by atoms with Crippen LogP contribution in [0.4, 0.5) is 0 Å². The van der Waals surface area contributed by atoms with Gasteiger partial charge in [0.25, 0.3) is 0 Å². The molecule has 5 heteroatoms. The molecule has 1 aliphatic heterocycles. The van der Waals surface area contributed by atoms with Gasteiger partial charge in [-0.25, -0.2) is 0 Å². The van der Waals surface area contributed by atoms with Gasteiger partial charge >= 0.3 is 0 Å². The van der Waals surface area contributed by atoms with Crippen molar-refractivity contribution >= 4 is 5.91 Å². The molecule has 1 aromatic carbocycles. The second kappa shape index (κ2) is 12.8. The van der Waals surface area contributed by atoms with E-state index in [0.717, 1.165) is 69.3 Å². The van der Waals surface area contributed by atoms with Crippen molar-refractivity contribution in [2.24, 2.45) is 5.92 Å². The van der Waals surface area contributed by atoms with Crippen LogP contribution in [-0.4, -0.2) is 48.8 Å². The molecule has 0 bridgehead atoms. The number of benzene rings is 1. The fraction of sp³-hybridized carbons (Fsp3) is 0.696. The van der Waals surface area contributed by atoms with Gasteiger partial charge in [-0.1, -0.05) is 38.8 Å². The van der Waals surface area contributed by atoms with Crippen molar-refractivity contribution < 1.29 is 14.6 Å². The molecule has 1 aromatic rings. The quantitative estimate of drug-likeness (QED) is 0.748. The van der Waals surface area contributed by atoms with Crippen LogP contribution >= 0.6 is 0 Å². The number of aryl methyl sites for hydroxylation is 1. The Balaban J connectivity index is 2.24. The minimum absolute atomic E-state index is 0.115. The number of carbonyl (C=O) groups is 1. The lowest BCUT2D eigenvalue weighted by Crippen LogP contribution is -2.39. The predicted molar refractivity (Wildman–Crippen MR) is 114 cm³/mol. The number of ether oxygens (including phenoxy) is 1. The molecule has 0 atom stereocenters. The zero-order valence-corrected chi connectivity index (χ0v) is 17.7. The first-order valence-corrected chi connectivity index (χ1v) is 11.0. The maximum atomic E-state index is 12.5. The molecule has 0 aromatic heterocycles. The molecule has 0 saturated heterocycles. The van der Waals surface area contributed by atoms with Gasteiger partial charge in [-0.05, 0) is 49.7 Å². The fourth-order valence-corrected chi connectivity index (χ4v) is 3.75. The van der Waals surface area contributed by atoms with E-state index >= 15 is 0 Å². The van der Waals surface area contributed by atoms with Crippen LogP contribution in [0.5, 0.6) is 5.75 Å². The summed E-state index contributed by atoms with van der Waals surface area (Å²) in [5.74, 6) is 1.64. The normalized spacial score (nSPS) is 17.1. The van der Waals surface area contributed by atoms with Crippen molar-refractivity contribution in [3.63, 3.8) is 0 Å². The average Bonchev–Trinajstić information content (AvgIpc) is 2.71. The Morgan fingerprint density at radius 2 is 2.00 bits per heavy atom. The van der Waals surface area contributed by atoms with Gasteiger partial charge in [-0.2, -0.15) is 0 Å². The van der Waals surface area contributed by atoms with E-state index in [1.807, 2.05) is 0 Å². The van der Waals surface area contributed by atoms with Crippen LogP contribution in [0.3, 0.4) is 0 Å². The molecule has 0 spiro atoms. The summed E-state index contributed by atoms with van der Waals surface area (Å²) in [5.41, 5.74) is 2.36. The van der Waals surface area contributed by atoms with Gasteiger partial charge in [0.15, 0.2) is 0 Å². The molecule has 1 heterocycles. The van der Waals surface area contributed by atoms with Crippen LogP contribution in [0.2, 0.25) is 0 Å². The molecule has 2 N–H and O–H groups in total. The first kappa shape index (κ1) is 22.7. The summed E-state index contributed by atoms with van der Waals surface area (Å²) in [5, 5.41) is 12.2. The largest absolute Gasteiger partial charge is 0.493 e. The van der Waals surface area contributed by atoms with E-state index in [1.165, 1.54) is 5.56 Å². The van der Waals surface area contributed by atoms with Crippen molar-refractivity contribution in [3.8, 4) is 5.75 Å². The van der Waals surface area contributed by atoms with Crippen molar-refractivity contribution in [1.29, 1.82) is 0 Å². The van der Waals surface area contributed by atoms with Crippen LogP contribution in [0.25, 0.3) is 0 Å². The van der Waals surface area contributed by atoms with E-state index in [-0.39, 0.29) is 12.5 Å². The minimum Gasteiger partial charge on any atom is -0.493 e. The highest BCUT2D eigenvalue weighted by Gasteiger charge is 2.18. The van der Waals surface area contributed by atoms with Crippen LogP contribution in [0.1, 0.15) is 63.5 Å². The molecule has 2 rings (SSSR count). The Labute approximate surface area is 170 Å². The van der Waals surface area contributed by atoms with Crippen molar-refractivity contribution in [2.75, 3.05) is 32.8 Å². The number of amides is 1. The van der Waals surface area contributed by atoms with E-state index in [4.69, 9.17) is 9.84 Å². The number of aliphatic hydroxyl groups is 1. The van der Waals surface area contributed by atoms with E-state index in [1.54, 1.807) is 0 Å². The number of fused-ring (bicyclic) bond motifs is 1. The molecule has 1 aliphatic rings. The van der Waals surface area contributed by atoms with Crippen molar-refractivity contribution in [3.05, 3.63) is 29.3 Å². The van der Waals surface area contributed by atoms with E-state index < -0.39 is 0 Å². The lowest BCUT2D eigenvalue weighted by atomic mass is 10.0. The first-order valence-electron chi connectivity index (χ1n) is 11.0. The lowest BCUT2D eigenvalue weighted by molar-refractivity contribution is -0.122. The number of rotatable bonds is 7. The Morgan fingerprint density at radius 1 is 1.18 bits per heavy atom. The minimum atomic E-state index is 0.115. The van der Waals surface area contributed by atoms with Crippen LogP contribution in [0, 0.1) is 5.92 Å². The summed E-state index contributed by atoms with van der Waals surface area (Å²) in [6.45, 7) is 8.16. The van der Waals surface area contributed by atoms with E-state index in [0.29, 0.717) is 25.6 Å². The summed E-state index contributed by atoms with van der Waals surface area (Å²) in [6, 6.07) is 6.37.